The van der Waals surface area contributed by atoms with Gasteiger partial charge < -0.3 is 0 Å². The van der Waals surface area contributed by atoms with Crippen molar-refractivity contribution in [1.82, 2.24) is 9.55 Å². The van der Waals surface area contributed by atoms with E-state index in [-0.39, 0.29) is 5.56 Å². The van der Waals surface area contributed by atoms with Crippen LogP contribution in [0.2, 0.25) is 0 Å². The molecule has 0 aliphatic heterocycles. The number of hydrogen-bond acceptors (Lipinski definition) is 4. The third-order valence-corrected chi connectivity index (χ3v) is 7.74. The molecule has 2 aromatic carbocycles. The number of fused-ring (bicyclic) bond motifs is 5. The molecule has 1 aliphatic rings. The van der Waals surface area contributed by atoms with Gasteiger partial charge in [-0.05, 0) is 41.5 Å². The van der Waals surface area contributed by atoms with Gasteiger partial charge in [0, 0.05) is 10.6 Å². The lowest BCUT2D eigenvalue weighted by atomic mass is 9.90. The van der Waals surface area contributed by atoms with Crippen LogP contribution in [0.4, 0.5) is 0 Å². The SMILES string of the molecule is CCCSc1nc2sc3c(c2c(=O)n1Cc1ccccc1)CCc1ccccc1-3. The van der Waals surface area contributed by atoms with E-state index in [1.165, 1.54) is 21.6 Å². The van der Waals surface area contributed by atoms with Crippen LogP contribution in [0.3, 0.4) is 0 Å². The van der Waals surface area contributed by atoms with Crippen molar-refractivity contribution in [1.29, 1.82) is 0 Å². The lowest BCUT2D eigenvalue weighted by Gasteiger charge is -2.16. The zero-order chi connectivity index (χ0) is 19.8. The fourth-order valence-electron chi connectivity index (χ4n) is 4.00. The first-order chi connectivity index (χ1) is 14.3. The van der Waals surface area contributed by atoms with Crippen molar-refractivity contribution in [2.75, 3.05) is 5.75 Å². The summed E-state index contributed by atoms with van der Waals surface area (Å²) in [4.78, 5) is 20.8. The van der Waals surface area contributed by atoms with E-state index in [0.717, 1.165) is 46.0 Å². The summed E-state index contributed by atoms with van der Waals surface area (Å²) in [6.45, 7) is 2.72. The van der Waals surface area contributed by atoms with Crippen molar-refractivity contribution in [3.05, 3.63) is 81.6 Å². The molecule has 5 heteroatoms. The van der Waals surface area contributed by atoms with Crippen LogP contribution in [-0.4, -0.2) is 15.3 Å². The van der Waals surface area contributed by atoms with Gasteiger partial charge in [0.2, 0.25) is 0 Å². The molecule has 0 fully saturated rings. The van der Waals surface area contributed by atoms with Gasteiger partial charge in [-0.1, -0.05) is 73.3 Å². The first-order valence-corrected chi connectivity index (χ1v) is 11.9. The Morgan fingerprint density at radius 1 is 1.07 bits per heavy atom. The van der Waals surface area contributed by atoms with Crippen molar-refractivity contribution < 1.29 is 0 Å². The molecule has 29 heavy (non-hydrogen) atoms. The molecule has 0 bridgehead atoms. The lowest BCUT2D eigenvalue weighted by Crippen LogP contribution is -2.24. The number of nitrogens with zero attached hydrogens (tertiary/aromatic N) is 2. The van der Waals surface area contributed by atoms with Crippen LogP contribution in [0.5, 0.6) is 0 Å². The number of thiophene rings is 1. The van der Waals surface area contributed by atoms with Crippen LogP contribution in [-0.2, 0) is 19.4 Å². The smallest absolute Gasteiger partial charge is 0.263 e. The number of hydrogen-bond donors (Lipinski definition) is 0. The van der Waals surface area contributed by atoms with Crippen LogP contribution >= 0.6 is 23.1 Å². The van der Waals surface area contributed by atoms with Gasteiger partial charge in [0.1, 0.15) is 4.83 Å². The Morgan fingerprint density at radius 2 is 1.86 bits per heavy atom. The lowest BCUT2D eigenvalue weighted by molar-refractivity contribution is 0.658. The summed E-state index contributed by atoms with van der Waals surface area (Å²) < 4.78 is 1.88. The van der Waals surface area contributed by atoms with E-state index in [4.69, 9.17) is 4.98 Å². The Hall–Kier alpha value is -2.37. The molecule has 0 saturated carbocycles. The maximum Gasteiger partial charge on any atom is 0.263 e. The summed E-state index contributed by atoms with van der Waals surface area (Å²) in [5, 5.41) is 1.66. The first-order valence-electron chi connectivity index (χ1n) is 10.1. The Morgan fingerprint density at radius 3 is 2.69 bits per heavy atom. The van der Waals surface area contributed by atoms with Crippen molar-refractivity contribution in [2.24, 2.45) is 0 Å². The maximum atomic E-state index is 13.7. The first kappa shape index (κ1) is 18.6. The molecule has 5 rings (SSSR count). The van der Waals surface area contributed by atoms with Gasteiger partial charge in [0.05, 0.1) is 11.9 Å². The normalized spacial score (nSPS) is 12.7. The van der Waals surface area contributed by atoms with E-state index >= 15 is 0 Å². The monoisotopic (exact) mass is 418 g/mol. The van der Waals surface area contributed by atoms with Gasteiger partial charge in [0.25, 0.3) is 5.56 Å². The number of benzene rings is 2. The Bertz CT molecular complexity index is 1240. The van der Waals surface area contributed by atoms with Gasteiger partial charge in [-0.25, -0.2) is 4.98 Å². The number of rotatable bonds is 5. The van der Waals surface area contributed by atoms with E-state index < -0.39 is 0 Å². The Labute approximate surface area is 178 Å². The molecule has 0 saturated heterocycles. The van der Waals surface area contributed by atoms with Gasteiger partial charge in [-0.2, -0.15) is 0 Å². The predicted molar refractivity (Wildman–Crippen MR) is 123 cm³/mol. The molecule has 0 radical (unpaired) electrons. The van der Waals surface area contributed by atoms with Crippen molar-refractivity contribution in [2.45, 2.75) is 37.9 Å². The highest BCUT2D eigenvalue weighted by molar-refractivity contribution is 7.99. The third kappa shape index (κ3) is 3.32. The molecule has 0 amide bonds. The van der Waals surface area contributed by atoms with E-state index in [2.05, 4.69) is 43.3 Å². The van der Waals surface area contributed by atoms with Gasteiger partial charge in [-0.15, -0.1) is 11.3 Å². The van der Waals surface area contributed by atoms with Gasteiger partial charge in [-0.3, -0.25) is 9.36 Å². The van der Waals surface area contributed by atoms with Crippen LogP contribution in [0.15, 0.2) is 64.5 Å². The van der Waals surface area contributed by atoms with E-state index in [0.29, 0.717) is 6.54 Å². The van der Waals surface area contributed by atoms with Crippen LogP contribution in [0.1, 0.15) is 30.0 Å². The van der Waals surface area contributed by atoms with E-state index in [9.17, 15) is 4.79 Å². The topological polar surface area (TPSA) is 34.9 Å². The molecule has 0 unspecified atom stereocenters. The molecule has 4 aromatic rings. The van der Waals surface area contributed by atoms with Crippen molar-refractivity contribution in [3.8, 4) is 10.4 Å². The standard InChI is InChI=1S/C24H22N2OS2/c1-2-14-28-24-25-22-20(23(27)26(24)15-16-8-4-3-5-9-16)19-13-12-17-10-6-7-11-18(17)21(19)29-22/h3-11H,2,12-15H2,1H3. The molecule has 0 N–H and O–H groups in total. The number of aryl methyl sites for hydroxylation is 2. The molecule has 2 aromatic heterocycles. The summed E-state index contributed by atoms with van der Waals surface area (Å²) in [6.07, 6.45) is 2.95. The highest BCUT2D eigenvalue weighted by atomic mass is 32.2. The number of thioether (sulfide) groups is 1. The van der Waals surface area contributed by atoms with E-state index in [1.807, 2.05) is 22.8 Å². The molecule has 2 heterocycles. The fraction of sp³-hybridized carbons (Fsp3) is 0.250. The molecular formula is C24H22N2OS2. The predicted octanol–water partition coefficient (Wildman–Crippen LogP) is 5.77. The molecule has 0 atom stereocenters. The van der Waals surface area contributed by atoms with Crippen molar-refractivity contribution in [3.63, 3.8) is 0 Å². The Balaban J connectivity index is 1.72. The van der Waals surface area contributed by atoms with Crippen LogP contribution in [0.25, 0.3) is 20.7 Å². The largest absolute Gasteiger partial charge is 0.283 e. The summed E-state index contributed by atoms with van der Waals surface area (Å²) in [5.41, 5.74) is 5.07. The fourth-order valence-corrected chi connectivity index (χ4v) is 6.18. The molecule has 3 nitrogen and oxygen atoms in total. The molecule has 0 spiro atoms. The second-order valence-corrected chi connectivity index (χ2v) is 9.43. The zero-order valence-corrected chi connectivity index (χ0v) is 18.0. The Kier molecular flexibility index (Phi) is 5.02. The minimum absolute atomic E-state index is 0.106. The zero-order valence-electron chi connectivity index (χ0n) is 16.4. The summed E-state index contributed by atoms with van der Waals surface area (Å²) >= 11 is 3.37. The quantitative estimate of drug-likeness (QED) is 0.305. The average molecular weight is 419 g/mol. The molecular weight excluding hydrogens is 396 g/mol. The number of aromatic nitrogens is 2. The van der Waals surface area contributed by atoms with Crippen LogP contribution in [0, 0.1) is 0 Å². The van der Waals surface area contributed by atoms with E-state index in [1.54, 1.807) is 23.1 Å². The molecule has 1 aliphatic carbocycles. The second-order valence-electron chi connectivity index (χ2n) is 7.37. The highest BCUT2D eigenvalue weighted by Gasteiger charge is 2.25. The minimum atomic E-state index is 0.106. The van der Waals surface area contributed by atoms with Crippen molar-refractivity contribution >= 4 is 33.3 Å². The summed E-state index contributed by atoms with van der Waals surface area (Å²) in [6, 6.07) is 18.8. The van der Waals surface area contributed by atoms with Gasteiger partial charge >= 0.3 is 0 Å². The summed E-state index contributed by atoms with van der Waals surface area (Å²) in [5.74, 6) is 0.959. The third-order valence-electron chi connectivity index (χ3n) is 5.40. The second kappa shape index (κ2) is 7.81. The minimum Gasteiger partial charge on any atom is -0.283 e. The molecule has 146 valence electrons. The average Bonchev–Trinajstić information content (AvgIpc) is 3.14. The highest BCUT2D eigenvalue weighted by Crippen LogP contribution is 2.42. The van der Waals surface area contributed by atoms with Gasteiger partial charge in [0.15, 0.2) is 5.16 Å². The maximum absolute atomic E-state index is 13.7. The summed E-state index contributed by atoms with van der Waals surface area (Å²) in [7, 11) is 0. The van der Waals surface area contributed by atoms with Crippen LogP contribution < -0.4 is 5.56 Å².